The van der Waals surface area contributed by atoms with Crippen LogP contribution in [0, 0.1) is 0 Å². The maximum atomic E-state index is 6.07. The lowest BCUT2D eigenvalue weighted by Gasteiger charge is -2.26. The van der Waals surface area contributed by atoms with Gasteiger partial charge in [-0.25, -0.2) is 0 Å². The molecule has 0 aromatic heterocycles. The molecule has 0 heterocycles. The second kappa shape index (κ2) is 9.44. The number of nitrogens with two attached hydrogens (primary N) is 1. The topological polar surface area (TPSA) is 57.0 Å². The van der Waals surface area contributed by atoms with E-state index in [9.17, 15) is 0 Å². The third kappa shape index (κ3) is 5.27. The van der Waals surface area contributed by atoms with E-state index >= 15 is 0 Å². The minimum absolute atomic E-state index is 0.666. The number of benzene rings is 1. The van der Waals surface area contributed by atoms with Crippen LogP contribution in [0.5, 0.6) is 5.75 Å². The second-order valence-corrected chi connectivity index (χ2v) is 4.31. The predicted octanol–water partition coefficient (Wildman–Crippen LogP) is 2.16. The molecule has 114 valence electrons. The Balaban J connectivity index is 2.78. The fourth-order valence-corrected chi connectivity index (χ4v) is 1.92. The first-order valence-corrected chi connectivity index (χ1v) is 7.06. The minimum atomic E-state index is 0.666. The van der Waals surface area contributed by atoms with Gasteiger partial charge in [-0.05, 0) is 26.0 Å². The Hall–Kier alpha value is -1.46. The normalized spacial score (nSPS) is 10.6. The quantitative estimate of drug-likeness (QED) is 0.526. The summed E-state index contributed by atoms with van der Waals surface area (Å²) in [5, 5.41) is 0. The second-order valence-electron chi connectivity index (χ2n) is 4.31. The number of ether oxygens (including phenoxy) is 3. The lowest BCUT2D eigenvalue weighted by atomic mass is 10.2. The number of anilines is 2. The fraction of sp³-hybridized carbons (Fsp3) is 0.600. The highest BCUT2D eigenvalue weighted by atomic mass is 16.5. The summed E-state index contributed by atoms with van der Waals surface area (Å²) in [7, 11) is 1.65. The van der Waals surface area contributed by atoms with Gasteiger partial charge < -0.3 is 24.8 Å². The highest BCUT2D eigenvalue weighted by Crippen LogP contribution is 2.27. The molecular weight excluding hydrogens is 256 g/mol. The van der Waals surface area contributed by atoms with Crippen LogP contribution >= 0.6 is 0 Å². The average Bonchev–Trinajstić information content (AvgIpc) is 2.47. The summed E-state index contributed by atoms with van der Waals surface area (Å²) in [5.74, 6) is 0.798. The highest BCUT2D eigenvalue weighted by molar-refractivity contribution is 5.69. The van der Waals surface area contributed by atoms with Crippen LogP contribution in [-0.4, -0.2) is 46.6 Å². The largest absolute Gasteiger partial charge is 0.497 e. The molecule has 2 N–H and O–H groups in total. The van der Waals surface area contributed by atoms with Gasteiger partial charge in [0.25, 0.3) is 0 Å². The van der Waals surface area contributed by atoms with Crippen LogP contribution in [-0.2, 0) is 9.47 Å². The number of nitrogen functional groups attached to an aromatic ring is 1. The third-order valence-electron chi connectivity index (χ3n) is 3.00. The van der Waals surface area contributed by atoms with Crippen LogP contribution < -0.4 is 15.4 Å². The van der Waals surface area contributed by atoms with Crippen molar-refractivity contribution < 1.29 is 14.2 Å². The molecule has 1 rings (SSSR count). The van der Waals surface area contributed by atoms with Gasteiger partial charge in [0, 0.05) is 32.4 Å². The predicted molar refractivity (Wildman–Crippen MR) is 82.6 cm³/mol. The maximum Gasteiger partial charge on any atom is 0.121 e. The molecule has 0 radical (unpaired) electrons. The zero-order chi connectivity index (χ0) is 14.8. The van der Waals surface area contributed by atoms with Gasteiger partial charge in [-0.15, -0.1) is 0 Å². The summed E-state index contributed by atoms with van der Waals surface area (Å²) in [4.78, 5) is 2.17. The molecule has 1 aromatic carbocycles. The molecule has 5 heteroatoms. The van der Waals surface area contributed by atoms with Gasteiger partial charge in [-0.2, -0.15) is 0 Å². The smallest absolute Gasteiger partial charge is 0.121 e. The molecule has 0 aliphatic heterocycles. The van der Waals surface area contributed by atoms with Crippen molar-refractivity contribution in [2.45, 2.75) is 13.8 Å². The number of hydrogen-bond donors (Lipinski definition) is 1. The standard InChI is InChI=1S/C15H26N2O3/c1-4-19-10-8-17(9-11-20-5-2)15-12-13(18-3)6-7-14(15)16/h6-7,12H,4-5,8-11,16H2,1-3H3. The molecule has 0 amide bonds. The molecule has 0 fully saturated rings. The van der Waals surface area contributed by atoms with Crippen molar-refractivity contribution >= 4 is 11.4 Å². The Bertz CT molecular complexity index is 375. The molecule has 0 bridgehead atoms. The first kappa shape index (κ1) is 16.6. The van der Waals surface area contributed by atoms with Crippen molar-refractivity contribution in [3.8, 4) is 5.75 Å². The fourth-order valence-electron chi connectivity index (χ4n) is 1.92. The van der Waals surface area contributed by atoms with E-state index in [0.29, 0.717) is 26.4 Å². The first-order chi connectivity index (χ1) is 9.72. The van der Waals surface area contributed by atoms with E-state index in [-0.39, 0.29) is 0 Å². The SMILES string of the molecule is CCOCCN(CCOCC)c1cc(OC)ccc1N. The zero-order valence-electron chi connectivity index (χ0n) is 12.7. The monoisotopic (exact) mass is 282 g/mol. The van der Waals surface area contributed by atoms with Crippen LogP contribution in [0.3, 0.4) is 0 Å². The summed E-state index contributed by atoms with van der Waals surface area (Å²) in [6.07, 6.45) is 0. The molecular formula is C15H26N2O3. The van der Waals surface area contributed by atoms with Crippen LogP contribution in [0.1, 0.15) is 13.8 Å². The number of nitrogens with zero attached hydrogens (tertiary/aromatic N) is 1. The van der Waals surface area contributed by atoms with Gasteiger partial charge in [0.15, 0.2) is 0 Å². The minimum Gasteiger partial charge on any atom is -0.497 e. The van der Waals surface area contributed by atoms with Crippen molar-refractivity contribution in [1.29, 1.82) is 0 Å². The molecule has 20 heavy (non-hydrogen) atoms. The maximum absolute atomic E-state index is 6.07. The van der Waals surface area contributed by atoms with E-state index in [1.54, 1.807) is 7.11 Å². The van der Waals surface area contributed by atoms with Crippen molar-refractivity contribution in [2.24, 2.45) is 0 Å². The van der Waals surface area contributed by atoms with E-state index in [2.05, 4.69) is 4.90 Å². The lowest BCUT2D eigenvalue weighted by molar-refractivity contribution is 0.141. The first-order valence-electron chi connectivity index (χ1n) is 7.06. The van der Waals surface area contributed by atoms with E-state index in [1.165, 1.54) is 0 Å². The van der Waals surface area contributed by atoms with Crippen molar-refractivity contribution in [3.05, 3.63) is 18.2 Å². The number of rotatable bonds is 10. The van der Waals surface area contributed by atoms with Crippen molar-refractivity contribution in [3.63, 3.8) is 0 Å². The summed E-state index contributed by atoms with van der Waals surface area (Å²) in [5.41, 5.74) is 7.77. The number of hydrogen-bond acceptors (Lipinski definition) is 5. The summed E-state index contributed by atoms with van der Waals surface area (Å²) >= 11 is 0. The van der Waals surface area contributed by atoms with Crippen LogP contribution in [0.25, 0.3) is 0 Å². The lowest BCUT2D eigenvalue weighted by Crippen LogP contribution is -2.31. The van der Waals surface area contributed by atoms with E-state index in [0.717, 1.165) is 30.2 Å². The Morgan fingerprint density at radius 1 is 1.05 bits per heavy atom. The Labute approximate surface area is 121 Å². The molecule has 0 saturated carbocycles. The van der Waals surface area contributed by atoms with Crippen molar-refractivity contribution in [1.82, 2.24) is 0 Å². The van der Waals surface area contributed by atoms with Gasteiger partial charge in [-0.1, -0.05) is 0 Å². The Morgan fingerprint density at radius 2 is 1.65 bits per heavy atom. The Kier molecular flexibility index (Phi) is 7.84. The van der Waals surface area contributed by atoms with Gasteiger partial charge in [0.1, 0.15) is 5.75 Å². The Morgan fingerprint density at radius 3 is 2.15 bits per heavy atom. The van der Waals surface area contributed by atoms with Gasteiger partial charge in [0.05, 0.1) is 31.7 Å². The highest BCUT2D eigenvalue weighted by Gasteiger charge is 2.11. The molecule has 0 saturated heterocycles. The van der Waals surface area contributed by atoms with Crippen LogP contribution in [0.4, 0.5) is 11.4 Å². The summed E-state index contributed by atoms with van der Waals surface area (Å²) in [6, 6.07) is 5.68. The molecule has 0 spiro atoms. The van der Waals surface area contributed by atoms with E-state index in [4.69, 9.17) is 19.9 Å². The average molecular weight is 282 g/mol. The molecule has 1 aromatic rings. The zero-order valence-corrected chi connectivity index (χ0v) is 12.7. The molecule has 5 nitrogen and oxygen atoms in total. The molecule has 0 atom stereocenters. The molecule has 0 aliphatic carbocycles. The van der Waals surface area contributed by atoms with Gasteiger partial charge in [0.2, 0.25) is 0 Å². The van der Waals surface area contributed by atoms with Gasteiger partial charge >= 0.3 is 0 Å². The van der Waals surface area contributed by atoms with E-state index < -0.39 is 0 Å². The third-order valence-corrected chi connectivity index (χ3v) is 3.00. The van der Waals surface area contributed by atoms with E-state index in [1.807, 2.05) is 32.0 Å². The summed E-state index contributed by atoms with van der Waals surface area (Å²) < 4.78 is 16.1. The van der Waals surface area contributed by atoms with Crippen molar-refractivity contribution in [2.75, 3.05) is 57.3 Å². The molecule has 0 aliphatic rings. The van der Waals surface area contributed by atoms with Crippen LogP contribution in [0.15, 0.2) is 18.2 Å². The molecule has 0 unspecified atom stereocenters. The van der Waals surface area contributed by atoms with Crippen LogP contribution in [0.2, 0.25) is 0 Å². The summed E-state index contributed by atoms with van der Waals surface area (Å²) in [6.45, 7) is 8.30. The van der Waals surface area contributed by atoms with Gasteiger partial charge in [-0.3, -0.25) is 0 Å². The number of methoxy groups -OCH3 is 1.